The molecule has 6 heteroatoms. The molecule has 0 saturated carbocycles. The molecule has 0 saturated heterocycles. The second-order valence-corrected chi connectivity index (χ2v) is 5.30. The van der Waals surface area contributed by atoms with Gasteiger partial charge in [-0.05, 0) is 38.1 Å². The highest BCUT2D eigenvalue weighted by Crippen LogP contribution is 2.21. The van der Waals surface area contributed by atoms with Gasteiger partial charge in [-0.2, -0.15) is 0 Å². The van der Waals surface area contributed by atoms with Gasteiger partial charge in [0.1, 0.15) is 11.6 Å². The molecule has 1 aromatic carbocycles. The van der Waals surface area contributed by atoms with Crippen molar-refractivity contribution < 1.29 is 13.9 Å². The number of nitrogens with zero attached hydrogens (tertiary/aromatic N) is 2. The molecule has 2 rings (SSSR count). The molecular formula is C15H15FN2O2S. The Morgan fingerprint density at radius 1 is 1.33 bits per heavy atom. The predicted molar refractivity (Wildman–Crippen MR) is 78.7 cm³/mol. The van der Waals surface area contributed by atoms with Crippen LogP contribution in [0.2, 0.25) is 0 Å². The number of halogens is 1. The third-order valence-corrected chi connectivity index (χ3v) is 3.71. The van der Waals surface area contributed by atoms with E-state index in [1.54, 1.807) is 26.0 Å². The SMILES string of the molecule is CCOC(=O)c1cnc(CSc2ccc(F)cc2)nc1C. The highest BCUT2D eigenvalue weighted by molar-refractivity contribution is 7.98. The lowest BCUT2D eigenvalue weighted by atomic mass is 10.2. The molecule has 0 fully saturated rings. The number of benzene rings is 1. The Balaban J connectivity index is 2.03. The van der Waals surface area contributed by atoms with Crippen molar-refractivity contribution in [1.82, 2.24) is 9.97 Å². The van der Waals surface area contributed by atoms with E-state index >= 15 is 0 Å². The molecule has 21 heavy (non-hydrogen) atoms. The van der Waals surface area contributed by atoms with Gasteiger partial charge in [0.25, 0.3) is 0 Å². The summed E-state index contributed by atoms with van der Waals surface area (Å²) in [5.74, 6) is 0.503. The van der Waals surface area contributed by atoms with E-state index in [1.165, 1.54) is 30.1 Å². The van der Waals surface area contributed by atoms with Crippen LogP contribution in [0.1, 0.15) is 28.8 Å². The van der Waals surface area contributed by atoms with E-state index in [1.807, 2.05) is 0 Å². The number of aromatic nitrogens is 2. The van der Waals surface area contributed by atoms with Crippen LogP contribution in [-0.4, -0.2) is 22.5 Å². The quantitative estimate of drug-likeness (QED) is 0.626. The number of ether oxygens (including phenoxy) is 1. The third-order valence-electron chi connectivity index (χ3n) is 2.71. The molecule has 0 unspecified atom stereocenters. The van der Waals surface area contributed by atoms with E-state index in [0.717, 1.165) is 4.90 Å². The topological polar surface area (TPSA) is 52.1 Å². The van der Waals surface area contributed by atoms with Crippen molar-refractivity contribution in [3.8, 4) is 0 Å². The van der Waals surface area contributed by atoms with Crippen molar-refractivity contribution in [2.45, 2.75) is 24.5 Å². The maximum absolute atomic E-state index is 12.8. The normalized spacial score (nSPS) is 10.4. The molecule has 0 atom stereocenters. The maximum atomic E-state index is 12.8. The Morgan fingerprint density at radius 2 is 2.05 bits per heavy atom. The smallest absolute Gasteiger partial charge is 0.341 e. The number of hydrogen-bond donors (Lipinski definition) is 0. The standard InChI is InChI=1S/C15H15FN2O2S/c1-3-20-15(19)13-8-17-14(18-10(13)2)9-21-12-6-4-11(16)5-7-12/h4-8H,3,9H2,1-2H3. The molecular weight excluding hydrogens is 291 g/mol. The first kappa shape index (κ1) is 15.4. The van der Waals surface area contributed by atoms with Gasteiger partial charge in [-0.15, -0.1) is 11.8 Å². The highest BCUT2D eigenvalue weighted by atomic mass is 32.2. The third kappa shape index (κ3) is 4.26. The molecule has 0 aliphatic carbocycles. The number of carbonyl (C=O) groups excluding carboxylic acids is 1. The minimum atomic E-state index is -0.410. The second-order valence-electron chi connectivity index (χ2n) is 4.25. The van der Waals surface area contributed by atoms with Crippen LogP contribution in [0.3, 0.4) is 0 Å². The summed E-state index contributed by atoms with van der Waals surface area (Å²) in [6.07, 6.45) is 1.49. The Labute approximate surface area is 126 Å². The Morgan fingerprint density at radius 3 is 2.67 bits per heavy atom. The van der Waals surface area contributed by atoms with E-state index in [9.17, 15) is 9.18 Å². The lowest BCUT2D eigenvalue weighted by molar-refractivity contribution is 0.0524. The van der Waals surface area contributed by atoms with Gasteiger partial charge in [0.05, 0.1) is 23.6 Å². The molecule has 0 aliphatic heterocycles. The zero-order chi connectivity index (χ0) is 15.2. The van der Waals surface area contributed by atoms with Crippen LogP contribution in [0.4, 0.5) is 4.39 Å². The van der Waals surface area contributed by atoms with Gasteiger partial charge in [-0.25, -0.2) is 19.2 Å². The summed E-state index contributed by atoms with van der Waals surface area (Å²) in [6, 6.07) is 6.25. The number of hydrogen-bond acceptors (Lipinski definition) is 5. The molecule has 0 spiro atoms. The van der Waals surface area contributed by atoms with Crippen molar-refractivity contribution in [3.63, 3.8) is 0 Å². The Hall–Kier alpha value is -1.95. The fourth-order valence-corrected chi connectivity index (χ4v) is 2.44. The van der Waals surface area contributed by atoms with Crippen molar-refractivity contribution in [3.05, 3.63) is 53.4 Å². The van der Waals surface area contributed by atoms with E-state index in [0.29, 0.717) is 29.4 Å². The van der Waals surface area contributed by atoms with Gasteiger partial charge in [-0.1, -0.05) is 0 Å². The number of aryl methyl sites for hydroxylation is 1. The van der Waals surface area contributed by atoms with Crippen LogP contribution in [0.5, 0.6) is 0 Å². The van der Waals surface area contributed by atoms with E-state index < -0.39 is 5.97 Å². The highest BCUT2D eigenvalue weighted by Gasteiger charge is 2.12. The fourth-order valence-electron chi connectivity index (χ4n) is 1.67. The minimum Gasteiger partial charge on any atom is -0.462 e. The van der Waals surface area contributed by atoms with Crippen molar-refractivity contribution in [2.75, 3.05) is 6.61 Å². The Bertz CT molecular complexity index is 632. The van der Waals surface area contributed by atoms with Crippen molar-refractivity contribution >= 4 is 17.7 Å². The van der Waals surface area contributed by atoms with Crippen molar-refractivity contribution in [1.29, 1.82) is 0 Å². The summed E-state index contributed by atoms with van der Waals surface area (Å²) in [5.41, 5.74) is 0.977. The molecule has 0 radical (unpaired) electrons. The minimum absolute atomic E-state index is 0.259. The average molecular weight is 306 g/mol. The van der Waals surface area contributed by atoms with E-state index in [2.05, 4.69) is 9.97 Å². The van der Waals surface area contributed by atoms with Crippen LogP contribution >= 0.6 is 11.8 Å². The number of carbonyl (C=O) groups is 1. The lowest BCUT2D eigenvalue weighted by Gasteiger charge is -2.06. The summed E-state index contributed by atoms with van der Waals surface area (Å²) in [6.45, 7) is 3.82. The summed E-state index contributed by atoms with van der Waals surface area (Å²) < 4.78 is 17.7. The van der Waals surface area contributed by atoms with E-state index in [4.69, 9.17) is 4.74 Å². The second kappa shape index (κ2) is 7.17. The lowest BCUT2D eigenvalue weighted by Crippen LogP contribution is -2.10. The summed E-state index contributed by atoms with van der Waals surface area (Å²) in [7, 11) is 0. The van der Waals surface area contributed by atoms with Crippen LogP contribution in [-0.2, 0) is 10.5 Å². The largest absolute Gasteiger partial charge is 0.462 e. The number of esters is 1. The van der Waals surface area contributed by atoms with E-state index in [-0.39, 0.29) is 5.82 Å². The monoisotopic (exact) mass is 306 g/mol. The van der Waals surface area contributed by atoms with Gasteiger partial charge in [0.15, 0.2) is 0 Å². The summed E-state index contributed by atoms with van der Waals surface area (Å²) in [4.78, 5) is 21.1. The fraction of sp³-hybridized carbons (Fsp3) is 0.267. The van der Waals surface area contributed by atoms with Crippen LogP contribution < -0.4 is 0 Å². The van der Waals surface area contributed by atoms with Gasteiger partial charge < -0.3 is 4.74 Å². The first-order valence-corrected chi connectivity index (χ1v) is 7.46. The van der Waals surface area contributed by atoms with Crippen LogP contribution in [0.15, 0.2) is 35.4 Å². The molecule has 1 aromatic heterocycles. The van der Waals surface area contributed by atoms with Gasteiger partial charge in [0.2, 0.25) is 0 Å². The van der Waals surface area contributed by atoms with Crippen molar-refractivity contribution in [2.24, 2.45) is 0 Å². The maximum Gasteiger partial charge on any atom is 0.341 e. The van der Waals surface area contributed by atoms with Crippen LogP contribution in [0, 0.1) is 12.7 Å². The molecule has 0 aliphatic rings. The molecule has 4 nitrogen and oxygen atoms in total. The molecule has 0 N–H and O–H groups in total. The van der Waals surface area contributed by atoms with Gasteiger partial charge >= 0.3 is 5.97 Å². The number of thioether (sulfide) groups is 1. The molecule has 1 heterocycles. The first-order valence-electron chi connectivity index (χ1n) is 6.48. The van der Waals surface area contributed by atoms with Gasteiger partial charge in [-0.3, -0.25) is 0 Å². The molecule has 110 valence electrons. The molecule has 2 aromatic rings. The molecule has 0 amide bonds. The zero-order valence-electron chi connectivity index (χ0n) is 11.8. The average Bonchev–Trinajstić information content (AvgIpc) is 2.47. The first-order chi connectivity index (χ1) is 10.1. The zero-order valence-corrected chi connectivity index (χ0v) is 12.6. The molecule has 0 bridgehead atoms. The summed E-state index contributed by atoms with van der Waals surface area (Å²) in [5, 5.41) is 0. The van der Waals surface area contributed by atoms with Crippen LogP contribution in [0.25, 0.3) is 0 Å². The van der Waals surface area contributed by atoms with Gasteiger partial charge in [0, 0.05) is 11.1 Å². The number of rotatable bonds is 5. The predicted octanol–water partition coefficient (Wildman–Crippen LogP) is 3.39. The summed E-state index contributed by atoms with van der Waals surface area (Å²) >= 11 is 1.51. The Kier molecular flexibility index (Phi) is 5.27.